The van der Waals surface area contributed by atoms with E-state index in [1.54, 1.807) is 17.0 Å². The highest BCUT2D eigenvalue weighted by atomic mass is 79.9. The van der Waals surface area contributed by atoms with Crippen molar-refractivity contribution < 1.29 is 9.59 Å². The molecule has 0 bridgehead atoms. The van der Waals surface area contributed by atoms with Crippen molar-refractivity contribution in [3.05, 3.63) is 39.4 Å². The molecule has 1 atom stereocenters. The maximum atomic E-state index is 12.8. The fourth-order valence-corrected chi connectivity index (χ4v) is 4.35. The summed E-state index contributed by atoms with van der Waals surface area (Å²) in [6, 6.07) is 5.38. The molecule has 1 N–H and O–H groups in total. The average Bonchev–Trinajstić information content (AvgIpc) is 2.78. The lowest BCUT2D eigenvalue weighted by atomic mass is 9.96. The van der Waals surface area contributed by atoms with E-state index in [9.17, 15) is 14.4 Å². The van der Waals surface area contributed by atoms with Gasteiger partial charge < -0.3 is 10.2 Å². The van der Waals surface area contributed by atoms with E-state index in [4.69, 9.17) is 0 Å². The van der Waals surface area contributed by atoms with Crippen LogP contribution in [0.3, 0.4) is 0 Å². The number of piperidine rings is 1. The number of benzene rings is 1. The molecule has 31 heavy (non-hydrogen) atoms. The standard InChI is InChI=1S/C23H31BrN4O3/c1-2-3-4-5-11-25-22(30)17-7-6-12-27(15-17)21(29)10-13-28-16-26-20-9-8-18(24)14-19(20)23(28)31/h8-9,14,16-17H,2-7,10-13,15H2,1H3,(H,25,30)/t17-/m1/s1. The zero-order valence-corrected chi connectivity index (χ0v) is 19.7. The molecular weight excluding hydrogens is 460 g/mol. The minimum Gasteiger partial charge on any atom is -0.356 e. The number of carbonyl (C=O) groups is 2. The summed E-state index contributed by atoms with van der Waals surface area (Å²) >= 11 is 3.38. The molecular formula is C23H31BrN4O3. The third-order valence-electron chi connectivity index (χ3n) is 5.83. The molecule has 0 radical (unpaired) electrons. The molecule has 2 amide bonds. The monoisotopic (exact) mass is 490 g/mol. The van der Waals surface area contributed by atoms with E-state index in [1.165, 1.54) is 23.7 Å². The highest BCUT2D eigenvalue weighted by molar-refractivity contribution is 9.10. The zero-order valence-electron chi connectivity index (χ0n) is 18.1. The van der Waals surface area contributed by atoms with Gasteiger partial charge in [-0.05, 0) is 37.5 Å². The number of aromatic nitrogens is 2. The lowest BCUT2D eigenvalue weighted by Gasteiger charge is -2.32. The van der Waals surface area contributed by atoms with Crippen LogP contribution in [-0.4, -0.2) is 45.9 Å². The van der Waals surface area contributed by atoms with Gasteiger partial charge in [0, 0.05) is 37.1 Å². The van der Waals surface area contributed by atoms with Crippen LogP contribution in [0.4, 0.5) is 0 Å². The van der Waals surface area contributed by atoms with Gasteiger partial charge in [0.2, 0.25) is 11.8 Å². The first-order valence-corrected chi connectivity index (χ1v) is 12.0. The summed E-state index contributed by atoms with van der Waals surface area (Å²) in [4.78, 5) is 44.0. The summed E-state index contributed by atoms with van der Waals surface area (Å²) in [7, 11) is 0. The van der Waals surface area contributed by atoms with Gasteiger partial charge in [-0.25, -0.2) is 4.98 Å². The van der Waals surface area contributed by atoms with Crippen molar-refractivity contribution >= 4 is 38.6 Å². The quantitative estimate of drug-likeness (QED) is 0.545. The maximum Gasteiger partial charge on any atom is 0.261 e. The molecule has 1 aromatic heterocycles. The Balaban J connectivity index is 1.52. The van der Waals surface area contributed by atoms with Gasteiger partial charge in [0.1, 0.15) is 0 Å². The van der Waals surface area contributed by atoms with Crippen molar-refractivity contribution in [2.24, 2.45) is 5.92 Å². The molecule has 2 aromatic rings. The summed E-state index contributed by atoms with van der Waals surface area (Å²) in [6.07, 6.45) is 7.84. The molecule has 3 rings (SSSR count). The van der Waals surface area contributed by atoms with Crippen LogP contribution < -0.4 is 10.9 Å². The second-order valence-corrected chi connectivity index (χ2v) is 9.10. The number of halogens is 1. The van der Waals surface area contributed by atoms with Gasteiger partial charge in [-0.15, -0.1) is 0 Å². The molecule has 1 fully saturated rings. The molecule has 0 saturated carbocycles. The Morgan fingerprint density at radius 3 is 2.90 bits per heavy atom. The first kappa shape index (κ1) is 23.4. The first-order valence-electron chi connectivity index (χ1n) is 11.2. The fourth-order valence-electron chi connectivity index (χ4n) is 3.99. The predicted molar refractivity (Wildman–Crippen MR) is 125 cm³/mol. The molecule has 0 unspecified atom stereocenters. The zero-order chi connectivity index (χ0) is 22.2. The van der Waals surface area contributed by atoms with Gasteiger partial charge in [-0.3, -0.25) is 19.0 Å². The highest BCUT2D eigenvalue weighted by Gasteiger charge is 2.28. The maximum absolute atomic E-state index is 12.8. The summed E-state index contributed by atoms with van der Waals surface area (Å²) in [5, 5.41) is 3.55. The van der Waals surface area contributed by atoms with Crippen molar-refractivity contribution in [1.29, 1.82) is 0 Å². The van der Waals surface area contributed by atoms with Gasteiger partial charge >= 0.3 is 0 Å². The van der Waals surface area contributed by atoms with Crippen molar-refractivity contribution in [2.45, 2.75) is 58.4 Å². The number of nitrogens with one attached hydrogen (secondary N) is 1. The van der Waals surface area contributed by atoms with Gasteiger partial charge in [-0.2, -0.15) is 0 Å². The number of nitrogens with zero attached hydrogens (tertiary/aromatic N) is 3. The van der Waals surface area contributed by atoms with Crippen molar-refractivity contribution in [3.8, 4) is 0 Å². The third kappa shape index (κ3) is 6.38. The van der Waals surface area contributed by atoms with Crippen LogP contribution in [0.1, 0.15) is 51.9 Å². The van der Waals surface area contributed by atoms with Crippen LogP contribution in [0.2, 0.25) is 0 Å². The highest BCUT2D eigenvalue weighted by Crippen LogP contribution is 2.18. The Kier molecular flexibility index (Phi) is 8.63. The second kappa shape index (κ2) is 11.4. The number of amides is 2. The molecule has 8 heteroatoms. The Hall–Kier alpha value is -2.22. The van der Waals surface area contributed by atoms with E-state index in [1.807, 2.05) is 6.07 Å². The van der Waals surface area contributed by atoms with E-state index in [0.29, 0.717) is 30.5 Å². The molecule has 1 aromatic carbocycles. The summed E-state index contributed by atoms with van der Waals surface area (Å²) in [6.45, 7) is 4.27. The fraction of sp³-hybridized carbons (Fsp3) is 0.565. The van der Waals surface area contributed by atoms with Crippen LogP contribution in [0.5, 0.6) is 0 Å². The molecule has 168 valence electrons. The van der Waals surface area contributed by atoms with Crippen molar-refractivity contribution in [3.63, 3.8) is 0 Å². The number of hydrogen-bond acceptors (Lipinski definition) is 4. The van der Waals surface area contributed by atoms with Crippen LogP contribution in [0.15, 0.2) is 33.8 Å². The molecule has 1 aliphatic heterocycles. The molecule has 7 nitrogen and oxygen atoms in total. The molecule has 0 spiro atoms. The lowest BCUT2D eigenvalue weighted by molar-refractivity contribution is -0.135. The van der Waals surface area contributed by atoms with Crippen molar-refractivity contribution in [1.82, 2.24) is 19.8 Å². The largest absolute Gasteiger partial charge is 0.356 e. The van der Waals surface area contributed by atoms with Gasteiger partial charge in [0.25, 0.3) is 5.56 Å². The van der Waals surface area contributed by atoms with Crippen LogP contribution in [0, 0.1) is 5.92 Å². The summed E-state index contributed by atoms with van der Waals surface area (Å²) in [5.41, 5.74) is 0.480. The van der Waals surface area contributed by atoms with Crippen molar-refractivity contribution in [2.75, 3.05) is 19.6 Å². The van der Waals surface area contributed by atoms with Crippen LogP contribution in [-0.2, 0) is 16.1 Å². The van der Waals surface area contributed by atoms with Crippen LogP contribution >= 0.6 is 15.9 Å². The predicted octanol–water partition coefficient (Wildman–Crippen LogP) is 3.48. The van der Waals surface area contributed by atoms with E-state index >= 15 is 0 Å². The SMILES string of the molecule is CCCCCCNC(=O)[C@@H]1CCCN(C(=O)CCn2cnc3ccc(Br)cc3c2=O)C1. The number of fused-ring (bicyclic) bond motifs is 1. The average molecular weight is 491 g/mol. The number of hydrogen-bond donors (Lipinski definition) is 1. The van der Waals surface area contributed by atoms with E-state index in [-0.39, 0.29) is 36.3 Å². The third-order valence-corrected chi connectivity index (χ3v) is 6.32. The minimum absolute atomic E-state index is 0.0262. The smallest absolute Gasteiger partial charge is 0.261 e. The summed E-state index contributed by atoms with van der Waals surface area (Å²) in [5.74, 6) is -0.123. The summed E-state index contributed by atoms with van der Waals surface area (Å²) < 4.78 is 2.30. The topological polar surface area (TPSA) is 84.3 Å². The Morgan fingerprint density at radius 1 is 1.26 bits per heavy atom. The van der Waals surface area contributed by atoms with E-state index < -0.39 is 0 Å². The number of likely N-dealkylation sites (tertiary alicyclic amines) is 1. The second-order valence-electron chi connectivity index (χ2n) is 8.19. The Labute approximate surface area is 191 Å². The first-order chi connectivity index (χ1) is 15.0. The van der Waals surface area contributed by atoms with Gasteiger partial charge in [0.15, 0.2) is 0 Å². The minimum atomic E-state index is -0.155. The molecule has 1 aliphatic rings. The normalized spacial score (nSPS) is 16.5. The van der Waals surface area contributed by atoms with Gasteiger partial charge in [0.05, 0.1) is 23.1 Å². The number of unbranched alkanes of at least 4 members (excludes halogenated alkanes) is 3. The molecule has 1 saturated heterocycles. The Morgan fingerprint density at radius 2 is 2.10 bits per heavy atom. The molecule has 2 heterocycles. The number of carbonyl (C=O) groups excluding carboxylic acids is 2. The number of rotatable bonds is 9. The van der Waals surface area contributed by atoms with E-state index in [0.717, 1.165) is 30.2 Å². The molecule has 0 aliphatic carbocycles. The Bertz CT molecular complexity index is 975. The van der Waals surface area contributed by atoms with Gasteiger partial charge in [-0.1, -0.05) is 42.1 Å². The number of aryl methyl sites for hydroxylation is 1. The van der Waals surface area contributed by atoms with Crippen LogP contribution in [0.25, 0.3) is 10.9 Å². The van der Waals surface area contributed by atoms with E-state index in [2.05, 4.69) is 33.2 Å². The lowest BCUT2D eigenvalue weighted by Crippen LogP contribution is -2.45.